The Balaban J connectivity index is 1.63. The second-order valence-corrected chi connectivity index (χ2v) is 7.43. The molecule has 1 aliphatic heterocycles. The van der Waals surface area contributed by atoms with Gasteiger partial charge in [0.2, 0.25) is 4.96 Å². The molecule has 0 aliphatic carbocycles. The molecular weight excluding hydrogens is 350 g/mol. The highest BCUT2D eigenvalue weighted by molar-refractivity contribution is 7.19. The summed E-state index contributed by atoms with van der Waals surface area (Å²) < 4.78 is 12.7. The Hall–Kier alpha value is -2.19. The van der Waals surface area contributed by atoms with Crippen molar-refractivity contribution in [1.82, 2.24) is 24.7 Å². The summed E-state index contributed by atoms with van der Waals surface area (Å²) in [6.07, 6.45) is 5.16. The summed E-state index contributed by atoms with van der Waals surface area (Å²) >= 11 is 1.52. The standard InChI is InChI=1S/C18H23N5O2S/c1-24-13-7-8-14(15(11-13)25-2)17-21-23-16(19-20-18(23)26-17)12-22-9-5-3-4-6-10-22/h7-8,11H,3-6,9-10,12H2,1-2H3. The van der Waals surface area contributed by atoms with Gasteiger partial charge in [0, 0.05) is 6.07 Å². The lowest BCUT2D eigenvalue weighted by atomic mass is 10.2. The lowest BCUT2D eigenvalue weighted by Crippen LogP contribution is -2.25. The minimum absolute atomic E-state index is 0.739. The van der Waals surface area contributed by atoms with Gasteiger partial charge in [-0.15, -0.1) is 10.2 Å². The number of rotatable bonds is 5. The van der Waals surface area contributed by atoms with E-state index in [0.29, 0.717) is 0 Å². The van der Waals surface area contributed by atoms with Gasteiger partial charge in [-0.2, -0.15) is 9.61 Å². The zero-order chi connectivity index (χ0) is 17.9. The summed E-state index contributed by atoms with van der Waals surface area (Å²) in [7, 11) is 3.30. The van der Waals surface area contributed by atoms with E-state index in [0.717, 1.165) is 52.5 Å². The highest BCUT2D eigenvalue weighted by Gasteiger charge is 2.18. The van der Waals surface area contributed by atoms with Crippen molar-refractivity contribution in [3.63, 3.8) is 0 Å². The van der Waals surface area contributed by atoms with Crippen LogP contribution in [-0.2, 0) is 6.54 Å². The van der Waals surface area contributed by atoms with Crippen LogP contribution in [0.2, 0.25) is 0 Å². The van der Waals surface area contributed by atoms with Crippen LogP contribution in [-0.4, -0.2) is 52.0 Å². The quantitative estimate of drug-likeness (QED) is 0.684. The van der Waals surface area contributed by atoms with Gasteiger partial charge in [-0.1, -0.05) is 24.2 Å². The lowest BCUT2D eigenvalue weighted by Gasteiger charge is -2.17. The van der Waals surface area contributed by atoms with E-state index in [2.05, 4.69) is 15.1 Å². The third-order valence-corrected chi connectivity index (χ3v) is 5.69. The summed E-state index contributed by atoms with van der Waals surface area (Å²) in [5, 5.41) is 14.3. The molecule has 1 saturated heterocycles. The number of hydrogen-bond acceptors (Lipinski definition) is 7. The van der Waals surface area contributed by atoms with E-state index in [-0.39, 0.29) is 0 Å². The molecule has 1 aliphatic rings. The molecule has 0 spiro atoms. The molecule has 0 radical (unpaired) electrons. The van der Waals surface area contributed by atoms with Crippen molar-refractivity contribution in [3.05, 3.63) is 24.0 Å². The SMILES string of the molecule is COc1ccc(-c2nn3c(CN4CCCCCC4)nnc3s2)c(OC)c1. The maximum absolute atomic E-state index is 5.51. The summed E-state index contributed by atoms with van der Waals surface area (Å²) in [4.78, 5) is 3.26. The molecule has 0 saturated carbocycles. The third-order valence-electron chi connectivity index (χ3n) is 4.76. The summed E-state index contributed by atoms with van der Waals surface area (Å²) in [5.74, 6) is 2.40. The van der Waals surface area contributed by atoms with E-state index in [1.807, 2.05) is 22.7 Å². The average molecular weight is 373 g/mol. The highest BCUT2D eigenvalue weighted by atomic mass is 32.1. The molecule has 4 rings (SSSR count). The van der Waals surface area contributed by atoms with Gasteiger partial charge in [0.15, 0.2) is 10.8 Å². The van der Waals surface area contributed by atoms with Crippen molar-refractivity contribution in [1.29, 1.82) is 0 Å². The van der Waals surface area contributed by atoms with Gasteiger partial charge in [-0.25, -0.2) is 0 Å². The van der Waals surface area contributed by atoms with E-state index in [9.17, 15) is 0 Å². The van der Waals surface area contributed by atoms with Crippen molar-refractivity contribution < 1.29 is 9.47 Å². The van der Waals surface area contributed by atoms with Crippen LogP contribution in [0.5, 0.6) is 11.5 Å². The van der Waals surface area contributed by atoms with Crippen molar-refractivity contribution >= 4 is 16.3 Å². The van der Waals surface area contributed by atoms with Gasteiger partial charge in [0.05, 0.1) is 26.3 Å². The number of ether oxygens (including phenoxy) is 2. The van der Waals surface area contributed by atoms with Crippen molar-refractivity contribution in [2.24, 2.45) is 0 Å². The Morgan fingerprint density at radius 3 is 2.58 bits per heavy atom. The molecule has 0 amide bonds. The summed E-state index contributed by atoms with van der Waals surface area (Å²) in [5.41, 5.74) is 0.935. The first-order valence-corrected chi connectivity index (χ1v) is 9.76. The van der Waals surface area contributed by atoms with E-state index < -0.39 is 0 Å². The first kappa shape index (κ1) is 17.2. The Kier molecular flexibility index (Phi) is 5.03. The molecular formula is C18H23N5O2S. The first-order chi connectivity index (χ1) is 12.8. The molecule has 0 atom stereocenters. The summed E-state index contributed by atoms with van der Waals surface area (Å²) in [6.45, 7) is 3.04. The predicted molar refractivity (Wildman–Crippen MR) is 101 cm³/mol. The minimum atomic E-state index is 0.739. The Labute approximate surface area is 156 Å². The predicted octanol–water partition coefficient (Wildman–Crippen LogP) is 3.25. The molecule has 3 heterocycles. The van der Waals surface area contributed by atoms with Crippen molar-refractivity contribution in [2.75, 3.05) is 27.3 Å². The van der Waals surface area contributed by atoms with Crippen LogP contribution in [0.1, 0.15) is 31.5 Å². The van der Waals surface area contributed by atoms with Gasteiger partial charge in [-0.3, -0.25) is 4.90 Å². The molecule has 7 nitrogen and oxygen atoms in total. The topological polar surface area (TPSA) is 64.8 Å². The zero-order valence-corrected chi connectivity index (χ0v) is 16.0. The maximum atomic E-state index is 5.51. The fraction of sp³-hybridized carbons (Fsp3) is 0.500. The van der Waals surface area contributed by atoms with Crippen LogP contribution in [0.3, 0.4) is 0 Å². The average Bonchev–Trinajstić information content (AvgIpc) is 3.14. The van der Waals surface area contributed by atoms with Crippen LogP contribution in [0, 0.1) is 0 Å². The number of benzene rings is 1. The Morgan fingerprint density at radius 1 is 1.04 bits per heavy atom. The molecule has 0 bridgehead atoms. The molecule has 2 aromatic heterocycles. The number of nitrogens with zero attached hydrogens (tertiary/aromatic N) is 5. The van der Waals surface area contributed by atoms with Crippen molar-refractivity contribution in [2.45, 2.75) is 32.2 Å². The van der Waals surface area contributed by atoms with Crippen LogP contribution in [0.4, 0.5) is 0 Å². The number of aromatic nitrogens is 4. The molecule has 138 valence electrons. The van der Waals surface area contributed by atoms with Crippen LogP contribution in [0.25, 0.3) is 15.5 Å². The lowest BCUT2D eigenvalue weighted by molar-refractivity contribution is 0.268. The minimum Gasteiger partial charge on any atom is -0.497 e. The molecule has 0 unspecified atom stereocenters. The monoisotopic (exact) mass is 373 g/mol. The second kappa shape index (κ2) is 7.59. The molecule has 3 aromatic rings. The second-order valence-electron chi connectivity index (χ2n) is 6.47. The maximum Gasteiger partial charge on any atom is 0.235 e. The van der Waals surface area contributed by atoms with Crippen LogP contribution < -0.4 is 9.47 Å². The van der Waals surface area contributed by atoms with E-state index in [4.69, 9.17) is 14.6 Å². The van der Waals surface area contributed by atoms with Gasteiger partial charge in [0.1, 0.15) is 11.5 Å². The number of likely N-dealkylation sites (tertiary alicyclic amines) is 1. The normalized spacial score (nSPS) is 15.9. The molecule has 8 heteroatoms. The summed E-state index contributed by atoms with van der Waals surface area (Å²) in [6, 6.07) is 5.76. The molecule has 26 heavy (non-hydrogen) atoms. The van der Waals surface area contributed by atoms with Gasteiger partial charge < -0.3 is 9.47 Å². The van der Waals surface area contributed by atoms with E-state index in [1.165, 1.54) is 37.0 Å². The number of fused-ring (bicyclic) bond motifs is 1. The van der Waals surface area contributed by atoms with E-state index in [1.54, 1.807) is 14.2 Å². The Bertz CT molecular complexity index is 883. The van der Waals surface area contributed by atoms with Crippen molar-refractivity contribution in [3.8, 4) is 22.1 Å². The molecule has 0 N–H and O–H groups in total. The van der Waals surface area contributed by atoms with Gasteiger partial charge in [-0.05, 0) is 38.1 Å². The fourth-order valence-electron chi connectivity index (χ4n) is 3.33. The van der Waals surface area contributed by atoms with E-state index >= 15 is 0 Å². The van der Waals surface area contributed by atoms with Gasteiger partial charge >= 0.3 is 0 Å². The number of methoxy groups -OCH3 is 2. The fourth-order valence-corrected chi connectivity index (χ4v) is 4.22. The highest BCUT2D eigenvalue weighted by Crippen LogP contribution is 2.35. The Morgan fingerprint density at radius 2 is 1.85 bits per heavy atom. The smallest absolute Gasteiger partial charge is 0.235 e. The molecule has 1 fully saturated rings. The van der Waals surface area contributed by atoms with Crippen LogP contribution >= 0.6 is 11.3 Å². The third kappa shape index (κ3) is 3.39. The van der Waals surface area contributed by atoms with Crippen LogP contribution in [0.15, 0.2) is 18.2 Å². The van der Waals surface area contributed by atoms with Gasteiger partial charge in [0.25, 0.3) is 0 Å². The number of hydrogen-bond donors (Lipinski definition) is 0. The molecule has 1 aromatic carbocycles. The first-order valence-electron chi connectivity index (χ1n) is 8.94. The largest absolute Gasteiger partial charge is 0.497 e. The zero-order valence-electron chi connectivity index (χ0n) is 15.1.